The second-order valence-corrected chi connectivity index (χ2v) is 5.17. The molecule has 0 aliphatic carbocycles. The van der Waals surface area contributed by atoms with Gasteiger partial charge in [0.05, 0.1) is 13.2 Å². The Labute approximate surface area is 119 Å². The van der Waals surface area contributed by atoms with Crippen molar-refractivity contribution in [1.29, 1.82) is 0 Å². The monoisotopic (exact) mass is 330 g/mol. The Hall–Kier alpha value is -1.34. The Bertz CT molecular complexity index is 500. The number of carbonyl (C=O) groups excluding carboxylic acids is 1. The number of nitrogens with zero attached hydrogens (tertiary/aromatic N) is 2. The Morgan fingerprint density at radius 1 is 1.58 bits per heavy atom. The molecule has 1 aliphatic rings. The Balaban J connectivity index is 2.28. The largest absolute Gasteiger partial charge is 0.480 e. The van der Waals surface area contributed by atoms with Crippen molar-refractivity contribution >= 4 is 27.8 Å². The van der Waals surface area contributed by atoms with Crippen molar-refractivity contribution in [1.82, 2.24) is 9.47 Å². The van der Waals surface area contributed by atoms with Gasteiger partial charge in [0.2, 0.25) is 0 Å². The minimum Gasteiger partial charge on any atom is -0.480 e. The summed E-state index contributed by atoms with van der Waals surface area (Å²) in [6.07, 6.45) is 1.81. The van der Waals surface area contributed by atoms with Gasteiger partial charge < -0.3 is 19.3 Å². The zero-order valence-electron chi connectivity index (χ0n) is 10.5. The number of amides is 1. The van der Waals surface area contributed by atoms with Crippen LogP contribution in [0.3, 0.4) is 0 Å². The summed E-state index contributed by atoms with van der Waals surface area (Å²) in [7, 11) is 0. The van der Waals surface area contributed by atoms with Crippen LogP contribution in [0.15, 0.2) is 16.7 Å². The van der Waals surface area contributed by atoms with Crippen LogP contribution in [0.2, 0.25) is 0 Å². The second kappa shape index (κ2) is 5.75. The molecule has 1 amide bonds. The quantitative estimate of drug-likeness (QED) is 0.903. The van der Waals surface area contributed by atoms with Gasteiger partial charge in [0, 0.05) is 23.8 Å². The van der Waals surface area contributed by atoms with E-state index in [1.807, 2.05) is 13.1 Å². The number of hydrogen-bond donors (Lipinski definition) is 1. The first-order chi connectivity index (χ1) is 9.04. The number of morpholine rings is 1. The zero-order chi connectivity index (χ0) is 14.0. The molecule has 1 atom stereocenters. The van der Waals surface area contributed by atoms with Crippen LogP contribution in [0.25, 0.3) is 0 Å². The molecule has 0 aromatic carbocycles. The minimum atomic E-state index is -1.04. The van der Waals surface area contributed by atoms with Gasteiger partial charge in [0.25, 0.3) is 5.91 Å². The number of ether oxygens (including phenoxy) is 1. The maximum absolute atomic E-state index is 12.5. The van der Waals surface area contributed by atoms with Crippen LogP contribution in [0.4, 0.5) is 0 Å². The van der Waals surface area contributed by atoms with Crippen LogP contribution in [-0.4, -0.2) is 52.3 Å². The lowest BCUT2D eigenvalue weighted by atomic mass is 10.2. The maximum Gasteiger partial charge on any atom is 0.328 e. The molecule has 19 heavy (non-hydrogen) atoms. The Kier molecular flexibility index (Phi) is 4.26. The smallest absolute Gasteiger partial charge is 0.328 e. The van der Waals surface area contributed by atoms with E-state index in [0.717, 1.165) is 4.47 Å². The van der Waals surface area contributed by atoms with Crippen LogP contribution in [0.1, 0.15) is 17.4 Å². The van der Waals surface area contributed by atoms with Crippen LogP contribution >= 0.6 is 15.9 Å². The van der Waals surface area contributed by atoms with Gasteiger partial charge in [-0.15, -0.1) is 0 Å². The van der Waals surface area contributed by atoms with E-state index in [4.69, 9.17) is 9.84 Å². The SMILES string of the molecule is CCn1cc(Br)cc1C(=O)N1CCOC[C@@H]1C(=O)O. The van der Waals surface area contributed by atoms with E-state index in [0.29, 0.717) is 25.4 Å². The fourth-order valence-corrected chi connectivity index (χ4v) is 2.58. The first kappa shape index (κ1) is 14.1. The molecule has 1 aliphatic heterocycles. The van der Waals surface area contributed by atoms with Gasteiger partial charge in [0.1, 0.15) is 5.69 Å². The molecule has 0 radical (unpaired) electrons. The molecule has 104 valence electrons. The van der Waals surface area contributed by atoms with E-state index >= 15 is 0 Å². The average molecular weight is 331 g/mol. The molecule has 1 saturated heterocycles. The molecular formula is C12H15BrN2O4. The summed E-state index contributed by atoms with van der Waals surface area (Å²) < 4.78 is 7.73. The summed E-state index contributed by atoms with van der Waals surface area (Å²) in [4.78, 5) is 25.0. The molecule has 6 nitrogen and oxygen atoms in total. The molecule has 1 aromatic rings. The summed E-state index contributed by atoms with van der Waals surface area (Å²) in [6, 6.07) is 0.792. The number of carbonyl (C=O) groups is 2. The third-order valence-corrected chi connectivity index (χ3v) is 3.53. The standard InChI is InChI=1S/C12H15BrN2O4/c1-2-14-6-8(13)5-9(14)11(16)15-3-4-19-7-10(15)12(17)18/h5-6,10H,2-4,7H2,1H3,(H,17,18)/t10-/m1/s1. The van der Waals surface area contributed by atoms with Gasteiger partial charge in [-0.2, -0.15) is 0 Å². The molecule has 2 heterocycles. The predicted molar refractivity (Wildman–Crippen MR) is 71.1 cm³/mol. The maximum atomic E-state index is 12.5. The third kappa shape index (κ3) is 2.82. The van der Waals surface area contributed by atoms with E-state index in [1.54, 1.807) is 10.6 Å². The molecular weight excluding hydrogens is 316 g/mol. The normalized spacial score (nSPS) is 19.5. The minimum absolute atomic E-state index is 0.0368. The molecule has 2 rings (SSSR count). The highest BCUT2D eigenvalue weighted by Gasteiger charge is 2.34. The van der Waals surface area contributed by atoms with Crippen LogP contribution < -0.4 is 0 Å². The lowest BCUT2D eigenvalue weighted by Crippen LogP contribution is -2.52. The van der Waals surface area contributed by atoms with Crippen LogP contribution in [0.5, 0.6) is 0 Å². The predicted octanol–water partition coefficient (Wildman–Crippen LogP) is 1.20. The highest BCUT2D eigenvalue weighted by atomic mass is 79.9. The first-order valence-corrected chi connectivity index (χ1v) is 6.81. The summed E-state index contributed by atoms with van der Waals surface area (Å²) in [6.45, 7) is 3.27. The molecule has 0 spiro atoms. The summed E-state index contributed by atoms with van der Waals surface area (Å²) in [5.41, 5.74) is 0.488. The fourth-order valence-electron chi connectivity index (χ4n) is 2.11. The molecule has 1 aromatic heterocycles. The van der Waals surface area contributed by atoms with E-state index in [2.05, 4.69) is 15.9 Å². The molecule has 0 unspecified atom stereocenters. The van der Waals surface area contributed by atoms with Crippen LogP contribution in [-0.2, 0) is 16.1 Å². The van der Waals surface area contributed by atoms with Crippen molar-refractivity contribution in [2.75, 3.05) is 19.8 Å². The number of aryl methyl sites for hydroxylation is 1. The van der Waals surface area contributed by atoms with Crippen LogP contribution in [0, 0.1) is 0 Å². The lowest BCUT2D eigenvalue weighted by Gasteiger charge is -2.32. The average Bonchev–Trinajstić information content (AvgIpc) is 2.79. The summed E-state index contributed by atoms with van der Waals surface area (Å²) >= 11 is 3.33. The van der Waals surface area contributed by atoms with Gasteiger partial charge in [-0.05, 0) is 28.9 Å². The number of aromatic nitrogens is 1. The highest BCUT2D eigenvalue weighted by Crippen LogP contribution is 2.19. The third-order valence-electron chi connectivity index (χ3n) is 3.10. The summed E-state index contributed by atoms with van der Waals surface area (Å²) in [5.74, 6) is -1.31. The van der Waals surface area contributed by atoms with Crippen molar-refractivity contribution in [3.8, 4) is 0 Å². The molecule has 0 bridgehead atoms. The second-order valence-electron chi connectivity index (χ2n) is 4.26. The highest BCUT2D eigenvalue weighted by molar-refractivity contribution is 9.10. The number of carboxylic acid groups (broad SMARTS) is 1. The van der Waals surface area contributed by atoms with Gasteiger partial charge in [0.15, 0.2) is 6.04 Å². The molecule has 1 fully saturated rings. The van der Waals surface area contributed by atoms with Gasteiger partial charge >= 0.3 is 5.97 Å². The Morgan fingerprint density at radius 2 is 2.32 bits per heavy atom. The van der Waals surface area contributed by atoms with Gasteiger partial charge in [-0.3, -0.25) is 4.79 Å². The van der Waals surface area contributed by atoms with Gasteiger partial charge in [-0.25, -0.2) is 4.79 Å². The van der Waals surface area contributed by atoms with E-state index < -0.39 is 12.0 Å². The number of aliphatic carboxylic acids is 1. The number of carboxylic acids is 1. The summed E-state index contributed by atoms with van der Waals surface area (Å²) in [5, 5.41) is 9.15. The van der Waals surface area contributed by atoms with Crippen molar-refractivity contribution in [2.24, 2.45) is 0 Å². The fraction of sp³-hybridized carbons (Fsp3) is 0.500. The van der Waals surface area contributed by atoms with Gasteiger partial charge in [-0.1, -0.05) is 0 Å². The first-order valence-electron chi connectivity index (χ1n) is 6.01. The van der Waals surface area contributed by atoms with E-state index in [9.17, 15) is 9.59 Å². The van der Waals surface area contributed by atoms with Crippen molar-refractivity contribution in [3.05, 3.63) is 22.4 Å². The topological polar surface area (TPSA) is 71.8 Å². The molecule has 0 saturated carbocycles. The van der Waals surface area contributed by atoms with E-state index in [-0.39, 0.29) is 12.5 Å². The van der Waals surface area contributed by atoms with Crippen molar-refractivity contribution in [3.63, 3.8) is 0 Å². The number of halogens is 1. The number of rotatable bonds is 3. The zero-order valence-corrected chi connectivity index (χ0v) is 12.1. The van der Waals surface area contributed by atoms with Crippen molar-refractivity contribution < 1.29 is 19.4 Å². The molecule has 1 N–H and O–H groups in total. The van der Waals surface area contributed by atoms with E-state index in [1.165, 1.54) is 4.90 Å². The lowest BCUT2D eigenvalue weighted by molar-refractivity contribution is -0.147. The van der Waals surface area contributed by atoms with Crippen molar-refractivity contribution in [2.45, 2.75) is 19.5 Å². The number of hydrogen-bond acceptors (Lipinski definition) is 3. The Morgan fingerprint density at radius 3 is 2.95 bits per heavy atom. The molecule has 7 heteroatoms.